The van der Waals surface area contributed by atoms with Crippen molar-refractivity contribution in [2.45, 2.75) is 17.7 Å². The third-order valence-electron chi connectivity index (χ3n) is 2.66. The zero-order chi connectivity index (χ0) is 12.4. The van der Waals surface area contributed by atoms with Gasteiger partial charge in [-0.25, -0.2) is 0 Å². The number of alkyl halides is 1. The van der Waals surface area contributed by atoms with Crippen LogP contribution in [-0.4, -0.2) is 28.4 Å². The van der Waals surface area contributed by atoms with E-state index in [0.717, 1.165) is 5.69 Å². The molecule has 1 atom stereocenters. The molecule has 0 radical (unpaired) electrons. The lowest BCUT2D eigenvalue weighted by Gasteiger charge is -2.16. The fourth-order valence-corrected chi connectivity index (χ4v) is 2.49. The van der Waals surface area contributed by atoms with E-state index in [9.17, 15) is 9.59 Å². The van der Waals surface area contributed by atoms with Gasteiger partial charge >= 0.3 is 5.97 Å². The Kier molecular flexibility index (Phi) is 3.47. The molecule has 17 heavy (non-hydrogen) atoms. The summed E-state index contributed by atoms with van der Waals surface area (Å²) in [6.07, 6.45) is 0.469. The number of halogens is 1. The van der Waals surface area contributed by atoms with E-state index in [2.05, 4.69) is 15.9 Å². The molecule has 0 saturated carbocycles. The average molecular weight is 298 g/mol. The predicted molar refractivity (Wildman–Crippen MR) is 67.5 cm³/mol. The lowest BCUT2D eigenvalue weighted by atomic mass is 10.1. The van der Waals surface area contributed by atoms with Crippen LogP contribution in [0, 0.1) is 0 Å². The Labute approximate surface area is 107 Å². The van der Waals surface area contributed by atoms with Gasteiger partial charge in [-0.1, -0.05) is 28.1 Å². The first-order valence-corrected chi connectivity index (χ1v) is 6.23. The van der Waals surface area contributed by atoms with E-state index in [1.165, 1.54) is 0 Å². The van der Waals surface area contributed by atoms with Gasteiger partial charge in [0.05, 0.1) is 6.42 Å². The molecule has 4 nitrogen and oxygen atoms in total. The first kappa shape index (κ1) is 12.1. The van der Waals surface area contributed by atoms with Gasteiger partial charge < -0.3 is 10.0 Å². The van der Waals surface area contributed by atoms with Crippen LogP contribution in [0.2, 0.25) is 0 Å². The van der Waals surface area contributed by atoms with Crippen LogP contribution in [0.1, 0.15) is 12.0 Å². The molecule has 1 unspecified atom stereocenters. The van der Waals surface area contributed by atoms with Crippen molar-refractivity contribution in [2.75, 3.05) is 11.4 Å². The Balaban J connectivity index is 2.21. The summed E-state index contributed by atoms with van der Waals surface area (Å²) in [6.45, 7) is 0.634. The third-order valence-corrected chi connectivity index (χ3v) is 3.27. The van der Waals surface area contributed by atoms with Crippen molar-refractivity contribution >= 4 is 33.5 Å². The van der Waals surface area contributed by atoms with Crippen LogP contribution in [0.5, 0.6) is 0 Å². The molecule has 1 aliphatic heterocycles. The van der Waals surface area contributed by atoms with Crippen LogP contribution in [0.25, 0.3) is 0 Å². The number of carboxylic acids is 1. The molecule has 1 N–H and O–H groups in total. The maximum absolute atomic E-state index is 11.7. The molecule has 0 bridgehead atoms. The SMILES string of the molecule is O=C(O)Cc1cccc(N2CC(Br)CC2=O)c1. The van der Waals surface area contributed by atoms with E-state index in [1.807, 2.05) is 6.07 Å². The van der Waals surface area contributed by atoms with Gasteiger partial charge in [0.15, 0.2) is 0 Å². The van der Waals surface area contributed by atoms with Gasteiger partial charge in [0, 0.05) is 23.5 Å². The lowest BCUT2D eigenvalue weighted by molar-refractivity contribution is -0.136. The zero-order valence-corrected chi connectivity index (χ0v) is 10.7. The monoisotopic (exact) mass is 297 g/mol. The lowest BCUT2D eigenvalue weighted by Crippen LogP contribution is -2.24. The van der Waals surface area contributed by atoms with E-state index in [-0.39, 0.29) is 17.2 Å². The van der Waals surface area contributed by atoms with Crippen molar-refractivity contribution in [1.82, 2.24) is 0 Å². The molecule has 1 heterocycles. The van der Waals surface area contributed by atoms with Crippen LogP contribution < -0.4 is 4.90 Å². The van der Waals surface area contributed by atoms with Gasteiger partial charge in [0.2, 0.25) is 5.91 Å². The second-order valence-corrected chi connectivity index (χ2v) is 5.34. The molecular formula is C12H12BrNO3. The Morgan fingerprint density at radius 3 is 2.88 bits per heavy atom. The molecule has 1 saturated heterocycles. The normalized spacial score (nSPS) is 19.7. The zero-order valence-electron chi connectivity index (χ0n) is 9.10. The summed E-state index contributed by atoms with van der Waals surface area (Å²) >= 11 is 3.42. The largest absolute Gasteiger partial charge is 0.481 e. The number of nitrogens with zero attached hydrogens (tertiary/aromatic N) is 1. The minimum atomic E-state index is -0.867. The maximum atomic E-state index is 11.7. The standard InChI is InChI=1S/C12H12BrNO3/c13-9-6-11(15)14(7-9)10-3-1-2-8(4-10)5-12(16)17/h1-4,9H,5-7H2,(H,16,17). The number of anilines is 1. The number of aliphatic carboxylic acids is 1. The Morgan fingerprint density at radius 1 is 1.53 bits per heavy atom. The van der Waals surface area contributed by atoms with Gasteiger partial charge in [0.1, 0.15) is 0 Å². The van der Waals surface area contributed by atoms with E-state index in [0.29, 0.717) is 18.5 Å². The number of carbonyl (C=O) groups is 2. The Hall–Kier alpha value is -1.36. The predicted octanol–water partition coefficient (Wildman–Crippen LogP) is 1.81. The number of hydrogen-bond donors (Lipinski definition) is 1. The van der Waals surface area contributed by atoms with Crippen LogP contribution in [0.4, 0.5) is 5.69 Å². The Bertz CT molecular complexity index is 461. The quantitative estimate of drug-likeness (QED) is 0.866. The summed E-state index contributed by atoms with van der Waals surface area (Å²) < 4.78 is 0. The minimum Gasteiger partial charge on any atom is -0.481 e. The molecule has 5 heteroatoms. The highest BCUT2D eigenvalue weighted by Gasteiger charge is 2.28. The molecule has 0 aliphatic carbocycles. The highest BCUT2D eigenvalue weighted by Crippen LogP contribution is 2.25. The molecule has 0 aromatic heterocycles. The molecule has 2 rings (SSSR count). The summed E-state index contributed by atoms with van der Waals surface area (Å²) in [7, 11) is 0. The molecule has 1 aliphatic rings. The number of benzene rings is 1. The summed E-state index contributed by atoms with van der Waals surface area (Å²) in [5, 5.41) is 8.73. The van der Waals surface area contributed by atoms with Gasteiger partial charge in [-0.15, -0.1) is 0 Å². The highest BCUT2D eigenvalue weighted by molar-refractivity contribution is 9.09. The molecule has 0 spiro atoms. The fraction of sp³-hybridized carbons (Fsp3) is 0.333. The van der Waals surface area contributed by atoms with E-state index < -0.39 is 5.97 Å². The Morgan fingerprint density at radius 2 is 2.29 bits per heavy atom. The summed E-state index contributed by atoms with van der Waals surface area (Å²) in [5.41, 5.74) is 1.48. The number of amides is 1. The number of carbonyl (C=O) groups excluding carboxylic acids is 1. The van der Waals surface area contributed by atoms with Crippen molar-refractivity contribution in [3.63, 3.8) is 0 Å². The van der Waals surface area contributed by atoms with Crippen LogP contribution in [-0.2, 0) is 16.0 Å². The van der Waals surface area contributed by atoms with Crippen molar-refractivity contribution in [3.8, 4) is 0 Å². The average Bonchev–Trinajstić information content (AvgIpc) is 2.57. The van der Waals surface area contributed by atoms with Gasteiger partial charge in [-0.3, -0.25) is 9.59 Å². The summed E-state index contributed by atoms with van der Waals surface area (Å²) in [5.74, 6) is -0.799. The second-order valence-electron chi connectivity index (χ2n) is 4.05. The van der Waals surface area contributed by atoms with Crippen molar-refractivity contribution < 1.29 is 14.7 Å². The number of carboxylic acid groups (broad SMARTS) is 1. The molecule has 1 aromatic rings. The third kappa shape index (κ3) is 2.85. The molecule has 1 fully saturated rings. The topological polar surface area (TPSA) is 57.6 Å². The van der Waals surface area contributed by atoms with Gasteiger partial charge in [0.25, 0.3) is 0 Å². The summed E-state index contributed by atoms with van der Waals surface area (Å²) in [4.78, 5) is 24.2. The molecule has 1 aromatic carbocycles. The van der Waals surface area contributed by atoms with Crippen molar-refractivity contribution in [1.29, 1.82) is 0 Å². The van der Waals surface area contributed by atoms with E-state index >= 15 is 0 Å². The smallest absolute Gasteiger partial charge is 0.307 e. The molecular weight excluding hydrogens is 286 g/mol. The van der Waals surface area contributed by atoms with Crippen molar-refractivity contribution in [2.24, 2.45) is 0 Å². The molecule has 90 valence electrons. The summed E-state index contributed by atoms with van der Waals surface area (Å²) in [6, 6.07) is 7.12. The van der Waals surface area contributed by atoms with Crippen LogP contribution in [0.15, 0.2) is 24.3 Å². The van der Waals surface area contributed by atoms with Gasteiger partial charge in [-0.2, -0.15) is 0 Å². The van der Waals surface area contributed by atoms with Crippen molar-refractivity contribution in [3.05, 3.63) is 29.8 Å². The van der Waals surface area contributed by atoms with Gasteiger partial charge in [-0.05, 0) is 17.7 Å². The second kappa shape index (κ2) is 4.87. The number of hydrogen-bond acceptors (Lipinski definition) is 2. The maximum Gasteiger partial charge on any atom is 0.307 e. The first-order chi connectivity index (χ1) is 8.06. The van der Waals surface area contributed by atoms with Crippen LogP contribution >= 0.6 is 15.9 Å². The number of rotatable bonds is 3. The van der Waals surface area contributed by atoms with E-state index in [4.69, 9.17) is 5.11 Å². The fourth-order valence-electron chi connectivity index (χ4n) is 1.92. The van der Waals surface area contributed by atoms with Crippen LogP contribution in [0.3, 0.4) is 0 Å². The first-order valence-electron chi connectivity index (χ1n) is 5.31. The minimum absolute atomic E-state index is 0.0202. The molecule has 1 amide bonds. The van der Waals surface area contributed by atoms with E-state index in [1.54, 1.807) is 23.1 Å². The highest BCUT2D eigenvalue weighted by atomic mass is 79.9.